The van der Waals surface area contributed by atoms with E-state index in [-0.39, 0.29) is 24.3 Å². The minimum absolute atomic E-state index is 0.0387. The van der Waals surface area contributed by atoms with Crippen molar-refractivity contribution < 1.29 is 9.18 Å². The highest BCUT2D eigenvalue weighted by Crippen LogP contribution is 2.17. The second-order valence-electron chi connectivity index (χ2n) is 5.10. The van der Waals surface area contributed by atoms with Gasteiger partial charge in [0, 0.05) is 31.9 Å². The van der Waals surface area contributed by atoms with E-state index in [4.69, 9.17) is 6.42 Å². The molecule has 0 saturated carbocycles. The molecule has 1 aliphatic rings. The van der Waals surface area contributed by atoms with E-state index in [0.717, 1.165) is 31.9 Å². The first-order valence-corrected chi connectivity index (χ1v) is 7.07. The maximum Gasteiger partial charge on any atom is 0.237 e. The average Bonchev–Trinajstić information content (AvgIpc) is 2.53. The summed E-state index contributed by atoms with van der Waals surface area (Å²) in [5, 5.41) is 2.71. The standard InChI is InChI=1S/C16H20FN3O/c1-3-8-18-16(21)13(2)19-9-11-20(12-10-19)15-6-4-14(17)5-7-15/h1,4-7,13H,8-12H2,2H3,(H,18,21). The summed E-state index contributed by atoms with van der Waals surface area (Å²) >= 11 is 0. The van der Waals surface area contributed by atoms with Gasteiger partial charge in [-0.2, -0.15) is 0 Å². The Morgan fingerprint density at radius 1 is 1.33 bits per heavy atom. The lowest BCUT2D eigenvalue weighted by Gasteiger charge is -2.38. The molecule has 0 spiro atoms. The Hall–Kier alpha value is -2.06. The monoisotopic (exact) mass is 289 g/mol. The third kappa shape index (κ3) is 3.96. The average molecular weight is 289 g/mol. The molecule has 1 fully saturated rings. The van der Waals surface area contributed by atoms with E-state index in [2.05, 4.69) is 21.0 Å². The lowest BCUT2D eigenvalue weighted by atomic mass is 10.2. The van der Waals surface area contributed by atoms with Gasteiger partial charge in [0.1, 0.15) is 5.82 Å². The molecule has 1 aromatic rings. The zero-order valence-corrected chi connectivity index (χ0v) is 12.2. The number of amides is 1. The Morgan fingerprint density at radius 3 is 2.52 bits per heavy atom. The van der Waals surface area contributed by atoms with Crippen LogP contribution in [0.1, 0.15) is 6.92 Å². The number of rotatable bonds is 4. The third-order valence-corrected chi connectivity index (χ3v) is 3.80. The van der Waals surface area contributed by atoms with Gasteiger partial charge in [-0.15, -0.1) is 6.42 Å². The Balaban J connectivity index is 1.86. The summed E-state index contributed by atoms with van der Waals surface area (Å²) in [7, 11) is 0. The fourth-order valence-corrected chi connectivity index (χ4v) is 2.47. The van der Waals surface area contributed by atoms with E-state index < -0.39 is 0 Å². The molecular weight excluding hydrogens is 269 g/mol. The SMILES string of the molecule is C#CCNC(=O)C(C)N1CCN(c2ccc(F)cc2)CC1. The largest absolute Gasteiger partial charge is 0.369 e. The van der Waals surface area contributed by atoms with Crippen molar-refractivity contribution in [2.24, 2.45) is 0 Å². The fraction of sp³-hybridized carbons (Fsp3) is 0.438. The van der Waals surface area contributed by atoms with Crippen LogP contribution in [0.25, 0.3) is 0 Å². The van der Waals surface area contributed by atoms with Crippen LogP contribution in [0.3, 0.4) is 0 Å². The lowest BCUT2D eigenvalue weighted by molar-refractivity contribution is -0.125. The maximum atomic E-state index is 12.9. The summed E-state index contributed by atoms with van der Waals surface area (Å²) < 4.78 is 12.9. The van der Waals surface area contributed by atoms with Gasteiger partial charge in [0.2, 0.25) is 5.91 Å². The number of terminal acetylenes is 1. The van der Waals surface area contributed by atoms with E-state index in [1.165, 1.54) is 12.1 Å². The van der Waals surface area contributed by atoms with Crippen molar-refractivity contribution in [3.05, 3.63) is 30.1 Å². The number of nitrogens with one attached hydrogen (secondary N) is 1. The number of halogens is 1. The highest BCUT2D eigenvalue weighted by Gasteiger charge is 2.25. The van der Waals surface area contributed by atoms with Crippen LogP contribution < -0.4 is 10.2 Å². The van der Waals surface area contributed by atoms with Crippen molar-refractivity contribution in [2.75, 3.05) is 37.6 Å². The van der Waals surface area contributed by atoms with Gasteiger partial charge in [0.25, 0.3) is 0 Å². The van der Waals surface area contributed by atoms with Crippen LogP contribution in [-0.4, -0.2) is 49.6 Å². The molecular formula is C16H20FN3O. The molecule has 1 N–H and O–H groups in total. The zero-order valence-electron chi connectivity index (χ0n) is 12.2. The zero-order chi connectivity index (χ0) is 15.2. The highest BCUT2D eigenvalue weighted by molar-refractivity contribution is 5.81. The number of hydrogen-bond donors (Lipinski definition) is 1. The molecule has 4 nitrogen and oxygen atoms in total. The van der Waals surface area contributed by atoms with Crippen LogP contribution in [0, 0.1) is 18.2 Å². The number of anilines is 1. The second kappa shape index (κ2) is 7.09. The number of piperazine rings is 1. The van der Waals surface area contributed by atoms with Gasteiger partial charge >= 0.3 is 0 Å². The molecule has 1 unspecified atom stereocenters. The minimum atomic E-state index is -0.226. The molecule has 0 aromatic heterocycles. The quantitative estimate of drug-likeness (QED) is 0.843. The van der Waals surface area contributed by atoms with Crippen molar-refractivity contribution in [1.82, 2.24) is 10.2 Å². The van der Waals surface area contributed by atoms with Gasteiger partial charge in [-0.3, -0.25) is 9.69 Å². The molecule has 21 heavy (non-hydrogen) atoms. The number of hydrogen-bond acceptors (Lipinski definition) is 3. The number of carbonyl (C=O) groups excluding carboxylic acids is 1. The predicted octanol–water partition coefficient (Wildman–Crippen LogP) is 1.09. The molecule has 1 amide bonds. The number of benzene rings is 1. The van der Waals surface area contributed by atoms with Crippen molar-refractivity contribution in [3.8, 4) is 12.3 Å². The van der Waals surface area contributed by atoms with Crippen molar-refractivity contribution in [2.45, 2.75) is 13.0 Å². The molecule has 1 aliphatic heterocycles. The molecule has 0 radical (unpaired) electrons. The Bertz CT molecular complexity index is 515. The lowest BCUT2D eigenvalue weighted by Crippen LogP contribution is -2.54. The minimum Gasteiger partial charge on any atom is -0.369 e. The van der Waals surface area contributed by atoms with E-state index in [1.54, 1.807) is 12.1 Å². The first kappa shape index (κ1) is 15.3. The molecule has 0 bridgehead atoms. The van der Waals surface area contributed by atoms with Crippen molar-refractivity contribution in [3.63, 3.8) is 0 Å². The normalized spacial score (nSPS) is 17.1. The maximum absolute atomic E-state index is 12.9. The summed E-state index contributed by atoms with van der Waals surface area (Å²) in [6.07, 6.45) is 5.14. The smallest absolute Gasteiger partial charge is 0.237 e. The van der Waals surface area contributed by atoms with Crippen LogP contribution >= 0.6 is 0 Å². The Kier molecular flexibility index (Phi) is 5.18. The summed E-state index contributed by atoms with van der Waals surface area (Å²) in [6, 6.07) is 6.32. The molecule has 1 saturated heterocycles. The van der Waals surface area contributed by atoms with Gasteiger partial charge in [0.05, 0.1) is 12.6 Å². The van der Waals surface area contributed by atoms with Crippen molar-refractivity contribution >= 4 is 11.6 Å². The number of carbonyl (C=O) groups is 1. The van der Waals surface area contributed by atoms with Gasteiger partial charge in [-0.05, 0) is 31.2 Å². The molecule has 112 valence electrons. The molecule has 5 heteroatoms. The Labute approximate surface area is 124 Å². The summed E-state index contributed by atoms with van der Waals surface area (Å²) in [5.74, 6) is 2.14. The first-order valence-electron chi connectivity index (χ1n) is 7.07. The van der Waals surface area contributed by atoms with Gasteiger partial charge in [-0.25, -0.2) is 4.39 Å². The van der Waals surface area contributed by atoms with E-state index in [9.17, 15) is 9.18 Å². The molecule has 1 heterocycles. The Morgan fingerprint density at radius 2 is 1.95 bits per heavy atom. The van der Waals surface area contributed by atoms with E-state index in [1.807, 2.05) is 6.92 Å². The van der Waals surface area contributed by atoms with Crippen LogP contribution in [-0.2, 0) is 4.79 Å². The van der Waals surface area contributed by atoms with Crippen molar-refractivity contribution in [1.29, 1.82) is 0 Å². The van der Waals surface area contributed by atoms with Gasteiger partial charge in [-0.1, -0.05) is 5.92 Å². The number of nitrogens with zero attached hydrogens (tertiary/aromatic N) is 2. The molecule has 0 aliphatic carbocycles. The molecule has 1 atom stereocenters. The predicted molar refractivity (Wildman–Crippen MR) is 81.5 cm³/mol. The summed E-state index contributed by atoms with van der Waals surface area (Å²) in [4.78, 5) is 16.2. The second-order valence-corrected chi connectivity index (χ2v) is 5.10. The van der Waals surface area contributed by atoms with E-state index >= 15 is 0 Å². The summed E-state index contributed by atoms with van der Waals surface area (Å²) in [6.45, 7) is 5.37. The third-order valence-electron chi connectivity index (χ3n) is 3.80. The van der Waals surface area contributed by atoms with Crippen LogP contribution in [0.4, 0.5) is 10.1 Å². The summed E-state index contributed by atoms with van der Waals surface area (Å²) in [5.41, 5.74) is 1.01. The fourth-order valence-electron chi connectivity index (χ4n) is 2.47. The topological polar surface area (TPSA) is 35.6 Å². The van der Waals surface area contributed by atoms with Crippen LogP contribution in [0.15, 0.2) is 24.3 Å². The highest BCUT2D eigenvalue weighted by atomic mass is 19.1. The van der Waals surface area contributed by atoms with E-state index in [0.29, 0.717) is 0 Å². The van der Waals surface area contributed by atoms with Crippen LogP contribution in [0.5, 0.6) is 0 Å². The first-order chi connectivity index (χ1) is 10.1. The molecule has 2 rings (SSSR count). The molecule has 1 aromatic carbocycles. The van der Waals surface area contributed by atoms with Gasteiger partial charge in [0.15, 0.2) is 0 Å². The van der Waals surface area contributed by atoms with Gasteiger partial charge < -0.3 is 10.2 Å². The van der Waals surface area contributed by atoms with Crippen LogP contribution in [0.2, 0.25) is 0 Å².